The van der Waals surface area contributed by atoms with Gasteiger partial charge in [0.15, 0.2) is 16.1 Å². The molecule has 0 aliphatic carbocycles. The van der Waals surface area contributed by atoms with Gasteiger partial charge in [0.05, 0.1) is 10.6 Å². The molecular weight excluding hydrogens is 190 g/mol. The van der Waals surface area contributed by atoms with Crippen LogP contribution in [0.4, 0.5) is 0 Å². The summed E-state index contributed by atoms with van der Waals surface area (Å²) >= 11 is 0. The second-order valence-electron chi connectivity index (χ2n) is 2.48. The zero-order valence-corrected chi connectivity index (χ0v) is 7.91. The summed E-state index contributed by atoms with van der Waals surface area (Å²) in [6.45, 7) is 1.54. The molecule has 0 aromatic carbocycles. The first-order valence-electron chi connectivity index (χ1n) is 3.73. The lowest BCUT2D eigenvalue weighted by molar-refractivity contribution is 0.112. The number of rotatable bonds is 3. The summed E-state index contributed by atoms with van der Waals surface area (Å²) in [5.41, 5.74) is 0.273. The number of carbonyl (C=O) groups excluding carboxylic acids is 1. The molecule has 70 valence electrons. The number of pyridine rings is 1. The second kappa shape index (κ2) is 3.66. The lowest BCUT2D eigenvalue weighted by Gasteiger charge is -1.99. The minimum absolute atomic E-state index is 0.0109. The number of hydrogen-bond donors (Lipinski definition) is 0. The molecule has 0 saturated heterocycles. The topological polar surface area (TPSA) is 64.1 Å². The van der Waals surface area contributed by atoms with Crippen molar-refractivity contribution >= 4 is 16.1 Å². The van der Waals surface area contributed by atoms with Crippen LogP contribution < -0.4 is 0 Å². The third-order valence-corrected chi connectivity index (χ3v) is 3.31. The van der Waals surface area contributed by atoms with Crippen LogP contribution in [0.1, 0.15) is 17.3 Å². The fourth-order valence-electron chi connectivity index (χ4n) is 0.837. The normalized spacial score (nSPS) is 11.2. The number of hydrogen-bond acceptors (Lipinski definition) is 4. The highest BCUT2D eigenvalue weighted by molar-refractivity contribution is 7.91. The molecule has 1 aromatic rings. The number of nitrogens with zero attached hydrogens (tertiary/aromatic N) is 1. The molecule has 0 atom stereocenters. The van der Waals surface area contributed by atoms with Gasteiger partial charge in [-0.05, 0) is 6.07 Å². The van der Waals surface area contributed by atoms with E-state index in [9.17, 15) is 13.2 Å². The molecule has 13 heavy (non-hydrogen) atoms. The summed E-state index contributed by atoms with van der Waals surface area (Å²) in [6.07, 6.45) is 3.13. The molecule has 0 aliphatic heterocycles. The summed E-state index contributed by atoms with van der Waals surface area (Å²) < 4.78 is 22.6. The molecule has 1 rings (SSSR count). The van der Waals surface area contributed by atoms with Crippen molar-refractivity contribution in [2.45, 2.75) is 11.8 Å². The Hall–Kier alpha value is -1.23. The molecule has 4 nitrogen and oxygen atoms in total. The van der Waals surface area contributed by atoms with Crippen molar-refractivity contribution in [3.8, 4) is 0 Å². The number of aldehydes is 1. The largest absolute Gasteiger partial charge is 0.298 e. The molecule has 0 N–H and O–H groups in total. The van der Waals surface area contributed by atoms with E-state index in [1.807, 2.05) is 0 Å². The van der Waals surface area contributed by atoms with E-state index in [2.05, 4.69) is 4.98 Å². The molecule has 0 aliphatic rings. The highest BCUT2D eigenvalue weighted by atomic mass is 32.2. The summed E-state index contributed by atoms with van der Waals surface area (Å²) in [7, 11) is -3.25. The molecule has 0 fully saturated rings. The van der Waals surface area contributed by atoms with Crippen LogP contribution in [0.3, 0.4) is 0 Å². The van der Waals surface area contributed by atoms with Gasteiger partial charge in [0.25, 0.3) is 0 Å². The van der Waals surface area contributed by atoms with Crippen molar-refractivity contribution in [2.75, 3.05) is 5.75 Å². The number of sulfone groups is 1. The molecule has 5 heteroatoms. The van der Waals surface area contributed by atoms with E-state index in [0.717, 1.165) is 0 Å². The molecule has 0 unspecified atom stereocenters. The summed E-state index contributed by atoms with van der Waals surface area (Å²) in [6, 6.07) is 1.32. The fourth-order valence-corrected chi connectivity index (χ4v) is 1.71. The van der Waals surface area contributed by atoms with Gasteiger partial charge in [-0.1, -0.05) is 6.92 Å². The molecule has 0 amide bonds. The Morgan fingerprint density at radius 1 is 1.46 bits per heavy atom. The van der Waals surface area contributed by atoms with Crippen molar-refractivity contribution in [1.82, 2.24) is 4.98 Å². The Labute approximate surface area is 76.5 Å². The van der Waals surface area contributed by atoms with Crippen LogP contribution in [0, 0.1) is 0 Å². The maximum Gasteiger partial charge on any atom is 0.179 e. The lowest BCUT2D eigenvalue weighted by Crippen LogP contribution is -2.04. The number of carbonyl (C=O) groups is 1. The third kappa shape index (κ3) is 2.12. The standard InChI is InChI=1S/C8H9NO3S/c1-2-13(11,12)8-3-7(6-10)4-9-5-8/h3-6H,2H2,1H3. The van der Waals surface area contributed by atoms with E-state index < -0.39 is 9.84 Å². The average Bonchev–Trinajstić information content (AvgIpc) is 2.18. The molecule has 1 heterocycles. The van der Waals surface area contributed by atoms with Gasteiger partial charge in [0.2, 0.25) is 0 Å². The van der Waals surface area contributed by atoms with Crippen LogP contribution in [-0.2, 0) is 9.84 Å². The maximum atomic E-state index is 11.3. The average molecular weight is 199 g/mol. The van der Waals surface area contributed by atoms with E-state index in [0.29, 0.717) is 6.29 Å². The van der Waals surface area contributed by atoms with Crippen molar-refractivity contribution in [3.63, 3.8) is 0 Å². The minimum atomic E-state index is -3.25. The Bertz CT molecular complexity index is 411. The molecule has 0 saturated carbocycles. The minimum Gasteiger partial charge on any atom is -0.298 e. The van der Waals surface area contributed by atoms with Crippen LogP contribution in [0.15, 0.2) is 23.4 Å². The van der Waals surface area contributed by atoms with Crippen LogP contribution in [-0.4, -0.2) is 25.4 Å². The Morgan fingerprint density at radius 2 is 2.15 bits per heavy atom. The molecule has 1 aromatic heterocycles. The summed E-state index contributed by atoms with van der Waals surface area (Å²) in [4.78, 5) is 14.1. The summed E-state index contributed by atoms with van der Waals surface area (Å²) in [5.74, 6) is 0.0109. The van der Waals surface area contributed by atoms with Gasteiger partial charge in [0, 0.05) is 18.0 Å². The van der Waals surface area contributed by atoms with Gasteiger partial charge < -0.3 is 0 Å². The zero-order valence-electron chi connectivity index (χ0n) is 7.10. The van der Waals surface area contributed by atoms with Gasteiger partial charge in [0.1, 0.15) is 0 Å². The maximum absolute atomic E-state index is 11.3. The van der Waals surface area contributed by atoms with Crippen LogP contribution in [0.25, 0.3) is 0 Å². The lowest BCUT2D eigenvalue weighted by atomic mass is 10.3. The Kier molecular flexibility index (Phi) is 2.77. The Morgan fingerprint density at radius 3 is 2.69 bits per heavy atom. The van der Waals surface area contributed by atoms with E-state index in [4.69, 9.17) is 0 Å². The van der Waals surface area contributed by atoms with Gasteiger partial charge in [-0.15, -0.1) is 0 Å². The second-order valence-corrected chi connectivity index (χ2v) is 4.75. The summed E-state index contributed by atoms with van der Waals surface area (Å²) in [5, 5.41) is 0. The monoisotopic (exact) mass is 199 g/mol. The highest BCUT2D eigenvalue weighted by Crippen LogP contribution is 2.09. The first kappa shape index (κ1) is 9.85. The van der Waals surface area contributed by atoms with Crippen molar-refractivity contribution in [2.24, 2.45) is 0 Å². The Balaban J connectivity index is 3.24. The number of aromatic nitrogens is 1. The van der Waals surface area contributed by atoms with Gasteiger partial charge >= 0.3 is 0 Å². The van der Waals surface area contributed by atoms with E-state index in [1.165, 1.54) is 18.5 Å². The first-order valence-corrected chi connectivity index (χ1v) is 5.38. The van der Waals surface area contributed by atoms with Crippen LogP contribution in [0.2, 0.25) is 0 Å². The van der Waals surface area contributed by atoms with Crippen molar-refractivity contribution < 1.29 is 13.2 Å². The predicted molar refractivity (Wildman–Crippen MR) is 47.4 cm³/mol. The third-order valence-electron chi connectivity index (χ3n) is 1.61. The van der Waals surface area contributed by atoms with Crippen LogP contribution >= 0.6 is 0 Å². The fraction of sp³-hybridized carbons (Fsp3) is 0.250. The molecule has 0 spiro atoms. The van der Waals surface area contributed by atoms with E-state index >= 15 is 0 Å². The smallest absolute Gasteiger partial charge is 0.179 e. The quantitative estimate of drug-likeness (QED) is 0.672. The van der Waals surface area contributed by atoms with Gasteiger partial charge in [-0.2, -0.15) is 0 Å². The van der Waals surface area contributed by atoms with Gasteiger partial charge in [-0.25, -0.2) is 8.42 Å². The van der Waals surface area contributed by atoms with Crippen molar-refractivity contribution in [1.29, 1.82) is 0 Å². The molecule has 0 radical (unpaired) electrons. The first-order chi connectivity index (χ1) is 6.10. The zero-order chi connectivity index (χ0) is 9.90. The molecule has 0 bridgehead atoms. The predicted octanol–water partition coefficient (Wildman–Crippen LogP) is 0.688. The van der Waals surface area contributed by atoms with Gasteiger partial charge in [-0.3, -0.25) is 9.78 Å². The van der Waals surface area contributed by atoms with Crippen LogP contribution in [0.5, 0.6) is 0 Å². The highest BCUT2D eigenvalue weighted by Gasteiger charge is 2.11. The van der Waals surface area contributed by atoms with E-state index in [-0.39, 0.29) is 16.2 Å². The van der Waals surface area contributed by atoms with E-state index in [1.54, 1.807) is 6.92 Å². The SMILES string of the molecule is CCS(=O)(=O)c1cncc(C=O)c1. The molecular formula is C8H9NO3S. The van der Waals surface area contributed by atoms with Crippen molar-refractivity contribution in [3.05, 3.63) is 24.0 Å².